The Balaban J connectivity index is 1.25. The van der Waals surface area contributed by atoms with E-state index in [1.165, 1.54) is 71.3 Å². The second-order valence-corrected chi connectivity index (χ2v) is 13.2. The van der Waals surface area contributed by atoms with Crippen molar-refractivity contribution < 1.29 is 9.47 Å². The van der Waals surface area contributed by atoms with Crippen molar-refractivity contribution >= 4 is 43.1 Å². The number of benzene rings is 9. The van der Waals surface area contributed by atoms with Crippen LogP contribution in [0.3, 0.4) is 0 Å². The van der Waals surface area contributed by atoms with Crippen LogP contribution in [0.2, 0.25) is 0 Å². The van der Waals surface area contributed by atoms with E-state index in [1.807, 2.05) is 12.1 Å². The molecule has 0 radical (unpaired) electrons. The van der Waals surface area contributed by atoms with Crippen molar-refractivity contribution in [3.63, 3.8) is 0 Å². The van der Waals surface area contributed by atoms with Gasteiger partial charge in [0.25, 0.3) is 0 Å². The molecule has 2 nitrogen and oxygen atoms in total. The van der Waals surface area contributed by atoms with Gasteiger partial charge in [0.15, 0.2) is 0 Å². The minimum Gasteiger partial charge on any atom is -0.456 e. The van der Waals surface area contributed by atoms with Gasteiger partial charge >= 0.3 is 0 Å². The molecule has 0 unspecified atom stereocenters. The standard InChI is InChI=1S/C47H28O2/c1-27-20-21-38-39(26-27)45(37-23-25-43-47-31(15-9-17-35(37)47)29-11-5-7-19-41(29)49-43)33-13-3-2-12-32(33)44(38)36-22-24-42-46-30(14-8-16-34(36)46)28-10-4-6-18-40(28)48-42/h2-26H,1H3. The van der Waals surface area contributed by atoms with Crippen LogP contribution in [-0.4, -0.2) is 0 Å². The maximum Gasteiger partial charge on any atom is 0.135 e. The summed E-state index contributed by atoms with van der Waals surface area (Å²) >= 11 is 0. The Hall–Kier alpha value is -6.38. The van der Waals surface area contributed by atoms with E-state index in [1.54, 1.807) is 0 Å². The average molecular weight is 625 g/mol. The molecular weight excluding hydrogens is 597 g/mol. The molecule has 2 heterocycles. The zero-order chi connectivity index (χ0) is 32.2. The number of hydrogen-bond acceptors (Lipinski definition) is 2. The van der Waals surface area contributed by atoms with Crippen LogP contribution in [0, 0.1) is 6.92 Å². The summed E-state index contributed by atoms with van der Waals surface area (Å²) in [5.74, 6) is 3.62. The third-order valence-electron chi connectivity index (χ3n) is 10.5. The third kappa shape index (κ3) is 3.66. The Labute approximate surface area is 283 Å². The van der Waals surface area contributed by atoms with Crippen molar-refractivity contribution in [2.75, 3.05) is 0 Å². The first-order chi connectivity index (χ1) is 24.2. The summed E-state index contributed by atoms with van der Waals surface area (Å²) < 4.78 is 13.0. The summed E-state index contributed by atoms with van der Waals surface area (Å²) in [6.07, 6.45) is 0. The van der Waals surface area contributed by atoms with Crippen LogP contribution < -0.4 is 9.47 Å². The monoisotopic (exact) mass is 624 g/mol. The van der Waals surface area contributed by atoms with Crippen LogP contribution in [0.25, 0.3) is 87.6 Å². The smallest absolute Gasteiger partial charge is 0.135 e. The van der Waals surface area contributed by atoms with Crippen molar-refractivity contribution in [2.45, 2.75) is 6.92 Å². The molecule has 228 valence electrons. The first-order valence-corrected chi connectivity index (χ1v) is 16.8. The van der Waals surface area contributed by atoms with E-state index in [9.17, 15) is 0 Å². The molecule has 9 aromatic carbocycles. The second kappa shape index (κ2) is 9.82. The largest absolute Gasteiger partial charge is 0.456 e. The summed E-state index contributed by atoms with van der Waals surface area (Å²) in [4.78, 5) is 0. The Kier molecular flexibility index (Phi) is 5.34. The highest BCUT2D eigenvalue weighted by Crippen LogP contribution is 2.53. The molecule has 0 spiro atoms. The van der Waals surface area contributed by atoms with Gasteiger partial charge in [0.2, 0.25) is 0 Å². The quantitative estimate of drug-likeness (QED) is 0.178. The molecule has 0 aromatic heterocycles. The van der Waals surface area contributed by atoms with Gasteiger partial charge in [0.05, 0.1) is 0 Å². The van der Waals surface area contributed by atoms with E-state index in [4.69, 9.17) is 9.47 Å². The molecule has 2 heteroatoms. The fourth-order valence-electron chi connectivity index (χ4n) is 8.47. The highest BCUT2D eigenvalue weighted by Gasteiger charge is 2.26. The molecule has 0 saturated heterocycles. The highest BCUT2D eigenvalue weighted by molar-refractivity contribution is 6.27. The first-order valence-electron chi connectivity index (χ1n) is 16.8. The molecule has 2 aliphatic heterocycles. The zero-order valence-corrected chi connectivity index (χ0v) is 26.8. The van der Waals surface area contributed by atoms with Crippen molar-refractivity contribution in [3.05, 3.63) is 157 Å². The highest BCUT2D eigenvalue weighted by atomic mass is 16.5. The molecule has 2 aliphatic rings. The minimum atomic E-state index is 0.904. The molecule has 0 amide bonds. The minimum absolute atomic E-state index is 0.904. The van der Waals surface area contributed by atoms with Gasteiger partial charge in [-0.3, -0.25) is 0 Å². The van der Waals surface area contributed by atoms with E-state index in [0.717, 1.165) is 44.9 Å². The number of para-hydroxylation sites is 2. The Morgan fingerprint density at radius 2 is 0.755 bits per heavy atom. The fourth-order valence-corrected chi connectivity index (χ4v) is 8.47. The van der Waals surface area contributed by atoms with E-state index in [2.05, 4.69) is 146 Å². The molecule has 0 N–H and O–H groups in total. The van der Waals surface area contributed by atoms with Crippen LogP contribution in [0.1, 0.15) is 5.56 Å². The molecule has 0 atom stereocenters. The maximum atomic E-state index is 6.50. The van der Waals surface area contributed by atoms with E-state index in [0.29, 0.717) is 0 Å². The summed E-state index contributed by atoms with van der Waals surface area (Å²) in [7, 11) is 0. The Morgan fingerprint density at radius 1 is 0.306 bits per heavy atom. The summed E-state index contributed by atoms with van der Waals surface area (Å²) in [6, 6.07) is 54.7. The number of fused-ring (bicyclic) bond motifs is 6. The normalized spacial score (nSPS) is 12.5. The second-order valence-electron chi connectivity index (χ2n) is 13.2. The van der Waals surface area contributed by atoms with Gasteiger partial charge in [-0.05, 0) is 109 Å². The van der Waals surface area contributed by atoms with Gasteiger partial charge < -0.3 is 9.47 Å². The lowest BCUT2D eigenvalue weighted by Crippen LogP contribution is -1.99. The van der Waals surface area contributed by atoms with Gasteiger partial charge in [0.1, 0.15) is 23.0 Å². The fraction of sp³-hybridized carbons (Fsp3) is 0.0213. The summed E-state index contributed by atoms with van der Waals surface area (Å²) in [5, 5.41) is 9.66. The molecule has 49 heavy (non-hydrogen) atoms. The lowest BCUT2D eigenvalue weighted by Gasteiger charge is -2.25. The summed E-state index contributed by atoms with van der Waals surface area (Å²) in [5.41, 5.74) is 10.8. The van der Waals surface area contributed by atoms with Crippen molar-refractivity contribution in [1.29, 1.82) is 0 Å². The van der Waals surface area contributed by atoms with E-state index >= 15 is 0 Å². The molecule has 11 rings (SSSR count). The molecular formula is C47H28O2. The van der Waals surface area contributed by atoms with Gasteiger partial charge in [0, 0.05) is 21.9 Å². The molecule has 0 bridgehead atoms. The third-order valence-corrected chi connectivity index (χ3v) is 10.5. The van der Waals surface area contributed by atoms with E-state index < -0.39 is 0 Å². The molecule has 0 aliphatic carbocycles. The van der Waals surface area contributed by atoms with Crippen molar-refractivity contribution in [3.8, 4) is 67.5 Å². The lowest BCUT2D eigenvalue weighted by molar-refractivity contribution is 0.487. The topological polar surface area (TPSA) is 18.5 Å². The predicted octanol–water partition coefficient (Wildman–Crippen LogP) is 13.5. The van der Waals surface area contributed by atoms with Crippen LogP contribution >= 0.6 is 0 Å². The Bertz CT molecular complexity index is 2900. The molecule has 9 aromatic rings. The van der Waals surface area contributed by atoms with Crippen LogP contribution in [0.4, 0.5) is 0 Å². The van der Waals surface area contributed by atoms with Crippen molar-refractivity contribution in [1.82, 2.24) is 0 Å². The maximum absolute atomic E-state index is 6.50. The molecule has 0 saturated carbocycles. The van der Waals surface area contributed by atoms with Crippen LogP contribution in [0.5, 0.6) is 23.0 Å². The van der Waals surface area contributed by atoms with E-state index in [-0.39, 0.29) is 0 Å². The Morgan fingerprint density at radius 3 is 1.33 bits per heavy atom. The van der Waals surface area contributed by atoms with Gasteiger partial charge in [-0.25, -0.2) is 0 Å². The SMILES string of the molecule is Cc1ccc2c(-c3ccc4c5c(cccc35)-c3ccccc3O4)c3ccccc3c(-c3ccc4c5c(cccc35)-c3ccccc3O4)c2c1. The van der Waals surface area contributed by atoms with Gasteiger partial charge in [-0.1, -0.05) is 121 Å². The predicted molar refractivity (Wildman–Crippen MR) is 203 cm³/mol. The lowest BCUT2D eigenvalue weighted by atomic mass is 9.82. The number of rotatable bonds is 2. The first kappa shape index (κ1) is 26.7. The van der Waals surface area contributed by atoms with Crippen molar-refractivity contribution in [2.24, 2.45) is 0 Å². The summed E-state index contributed by atoms with van der Waals surface area (Å²) in [6.45, 7) is 2.19. The molecule has 0 fully saturated rings. The van der Waals surface area contributed by atoms with Crippen LogP contribution in [0.15, 0.2) is 152 Å². The number of ether oxygens (including phenoxy) is 2. The van der Waals surface area contributed by atoms with Gasteiger partial charge in [-0.15, -0.1) is 0 Å². The van der Waals surface area contributed by atoms with Crippen LogP contribution in [-0.2, 0) is 0 Å². The van der Waals surface area contributed by atoms with Gasteiger partial charge in [-0.2, -0.15) is 0 Å². The number of hydrogen-bond donors (Lipinski definition) is 0. The number of aryl methyl sites for hydroxylation is 1. The average Bonchev–Trinajstić information content (AvgIpc) is 3.15. The zero-order valence-electron chi connectivity index (χ0n) is 26.8.